The summed E-state index contributed by atoms with van der Waals surface area (Å²) in [5, 5.41) is 9.80. The maximum absolute atomic E-state index is 13.3. The number of aromatic nitrogens is 2. The Morgan fingerprint density at radius 3 is 2.63 bits per heavy atom. The summed E-state index contributed by atoms with van der Waals surface area (Å²) in [5.41, 5.74) is 7.57. The fourth-order valence-corrected chi connectivity index (χ4v) is 4.05. The molecule has 1 aliphatic rings. The average Bonchev–Trinajstić information content (AvgIpc) is 3.27. The minimum atomic E-state index is -4.54. The molecule has 0 radical (unpaired) electrons. The lowest BCUT2D eigenvalue weighted by molar-refractivity contribution is -0.145. The van der Waals surface area contributed by atoms with Gasteiger partial charge in [0.05, 0.1) is 41.4 Å². The molecule has 4 rings (SSSR count). The number of aryl methyl sites for hydroxylation is 1. The van der Waals surface area contributed by atoms with Gasteiger partial charge < -0.3 is 21.4 Å². The van der Waals surface area contributed by atoms with Crippen LogP contribution in [0, 0.1) is 5.41 Å². The van der Waals surface area contributed by atoms with E-state index in [0.717, 1.165) is 23.4 Å². The van der Waals surface area contributed by atoms with E-state index < -0.39 is 29.6 Å². The topological polar surface area (TPSA) is 125 Å². The minimum Gasteiger partial charge on any atom is -0.396 e. The number of halogens is 3. The Bertz CT molecular complexity index is 1280. The monoisotopic (exact) mass is 482 g/mol. The molecule has 0 aliphatic heterocycles. The van der Waals surface area contributed by atoms with Crippen LogP contribution in [0.1, 0.15) is 40.4 Å². The highest BCUT2D eigenvalue weighted by Gasteiger charge is 2.35. The lowest BCUT2D eigenvalue weighted by Gasteiger charge is -2.29. The summed E-state index contributed by atoms with van der Waals surface area (Å²) in [6.07, 6.45) is 0.979. The van der Waals surface area contributed by atoms with Crippen LogP contribution in [0.5, 0.6) is 0 Å². The van der Waals surface area contributed by atoms with Crippen molar-refractivity contribution in [3.63, 3.8) is 0 Å². The van der Waals surface area contributed by atoms with E-state index in [1.54, 1.807) is 0 Å². The van der Waals surface area contributed by atoms with E-state index >= 15 is 0 Å². The van der Waals surface area contributed by atoms with E-state index in [-0.39, 0.29) is 29.2 Å². The van der Waals surface area contributed by atoms with Crippen molar-refractivity contribution in [3.8, 4) is 0 Å². The molecule has 4 N–H and O–H groups in total. The van der Waals surface area contributed by atoms with Gasteiger partial charge in [-0.25, -0.2) is 0 Å². The van der Waals surface area contributed by atoms with Crippen LogP contribution in [0.3, 0.4) is 0 Å². The van der Waals surface area contributed by atoms with E-state index in [1.807, 2.05) is 24.3 Å². The van der Waals surface area contributed by atoms with Crippen molar-refractivity contribution in [3.05, 3.63) is 82.9 Å². The van der Waals surface area contributed by atoms with Crippen molar-refractivity contribution in [2.75, 3.05) is 11.1 Å². The molecule has 0 fully saturated rings. The molecule has 0 unspecified atom stereocenters. The Kier molecular flexibility index (Phi) is 6.50. The normalized spacial score (nSPS) is 14.8. The second kappa shape index (κ2) is 9.53. The summed E-state index contributed by atoms with van der Waals surface area (Å²) in [6.45, 7) is -0.169. The van der Waals surface area contributed by atoms with Gasteiger partial charge in [0.1, 0.15) is 0 Å². The van der Waals surface area contributed by atoms with Gasteiger partial charge in [0.15, 0.2) is 0 Å². The number of anilines is 2. The number of benzene rings is 1. The minimum absolute atomic E-state index is 0.0729. The smallest absolute Gasteiger partial charge is 0.396 e. The Labute approximate surface area is 198 Å². The lowest BCUT2D eigenvalue weighted by Crippen LogP contribution is -2.41. The second-order valence-corrected chi connectivity index (χ2v) is 8.01. The van der Waals surface area contributed by atoms with Crippen molar-refractivity contribution in [2.24, 2.45) is 0 Å². The molecule has 2 aromatic heterocycles. The van der Waals surface area contributed by atoms with Crippen LogP contribution in [0.2, 0.25) is 0 Å². The van der Waals surface area contributed by atoms with Crippen molar-refractivity contribution in [2.45, 2.75) is 31.6 Å². The molecule has 1 aromatic carbocycles. The third-order valence-corrected chi connectivity index (χ3v) is 5.84. The molecule has 8 nitrogen and oxygen atoms in total. The maximum Gasteiger partial charge on any atom is 0.417 e. The predicted molar refractivity (Wildman–Crippen MR) is 122 cm³/mol. The number of nitrogens with zero attached hydrogens (tertiary/aromatic N) is 3. The zero-order chi connectivity index (χ0) is 25.2. The number of carbonyl (C=O) groups is 2. The fraction of sp³-hybridized carbons (Fsp3) is 0.208. The molecule has 2 amide bonds. The van der Waals surface area contributed by atoms with E-state index in [4.69, 9.17) is 11.1 Å². The van der Waals surface area contributed by atoms with Crippen LogP contribution >= 0.6 is 0 Å². The molecule has 0 saturated carbocycles. The number of nitrogen functional groups attached to an aromatic ring is 1. The van der Waals surface area contributed by atoms with E-state index in [1.165, 1.54) is 23.4 Å². The number of fused-ring (bicyclic) bond motifs is 1. The highest BCUT2D eigenvalue weighted by atomic mass is 19.4. The standard InChI is InChI=1S/C24H21F3N6O2/c25-24(26,27)16-6-7-17(31-11-16)13-33(20-8-5-14-3-1-2-4-18(14)20)23(35)22(34)32-19-12-30-10-15(9-28)21(19)29/h1-4,6-7,9-12,20,28H,5,8,13H2,(H2,29,30)(H,32,34)/t20-/m1/s1. The number of alkyl halides is 3. The first-order valence-electron chi connectivity index (χ1n) is 10.6. The van der Waals surface area contributed by atoms with Gasteiger partial charge in [0.2, 0.25) is 0 Å². The summed E-state index contributed by atoms with van der Waals surface area (Å²) in [5.74, 6) is -1.88. The second-order valence-electron chi connectivity index (χ2n) is 8.01. The number of pyridine rings is 2. The number of rotatable bonds is 5. The van der Waals surface area contributed by atoms with Crippen LogP contribution in [0.15, 0.2) is 55.0 Å². The third kappa shape index (κ3) is 4.98. The van der Waals surface area contributed by atoms with E-state index in [9.17, 15) is 22.8 Å². The number of nitrogens with two attached hydrogens (primary N) is 1. The number of carbonyl (C=O) groups excluding carboxylic acids is 2. The molecule has 11 heteroatoms. The molecule has 0 spiro atoms. The summed E-state index contributed by atoms with van der Waals surface area (Å²) in [4.78, 5) is 35.4. The molecule has 2 heterocycles. The highest BCUT2D eigenvalue weighted by molar-refractivity contribution is 6.40. The van der Waals surface area contributed by atoms with Crippen LogP contribution < -0.4 is 11.1 Å². The average molecular weight is 482 g/mol. The molecule has 1 atom stereocenters. The Morgan fingerprint density at radius 2 is 1.94 bits per heavy atom. The SMILES string of the molecule is N=Cc1cncc(NC(=O)C(=O)N(Cc2ccc(C(F)(F)F)cn2)[C@@H]2CCc3ccccc32)c1N. The number of hydrogen-bond acceptors (Lipinski definition) is 6. The van der Waals surface area contributed by atoms with Crippen molar-refractivity contribution in [1.29, 1.82) is 5.41 Å². The van der Waals surface area contributed by atoms with E-state index in [0.29, 0.717) is 19.0 Å². The highest BCUT2D eigenvalue weighted by Crippen LogP contribution is 2.37. The number of amides is 2. The summed E-state index contributed by atoms with van der Waals surface area (Å²) in [6, 6.07) is 9.12. The van der Waals surface area contributed by atoms with Crippen LogP contribution in [0.4, 0.5) is 24.5 Å². The predicted octanol–water partition coefficient (Wildman–Crippen LogP) is 3.73. The van der Waals surface area contributed by atoms with E-state index in [2.05, 4.69) is 15.3 Å². The summed E-state index contributed by atoms with van der Waals surface area (Å²) < 4.78 is 38.8. The first-order chi connectivity index (χ1) is 16.7. The molecule has 0 saturated heterocycles. The molecule has 3 aromatic rings. The van der Waals surface area contributed by atoms with Gasteiger partial charge in [-0.2, -0.15) is 13.2 Å². The molecule has 180 valence electrons. The first kappa shape index (κ1) is 23.9. The summed E-state index contributed by atoms with van der Waals surface area (Å²) >= 11 is 0. The quantitative estimate of drug-likeness (QED) is 0.378. The zero-order valence-electron chi connectivity index (χ0n) is 18.3. The van der Waals surface area contributed by atoms with Crippen molar-refractivity contribution >= 4 is 29.4 Å². The largest absolute Gasteiger partial charge is 0.417 e. The van der Waals surface area contributed by atoms with Crippen LogP contribution in [0.25, 0.3) is 0 Å². The van der Waals surface area contributed by atoms with Gasteiger partial charge in [-0.15, -0.1) is 0 Å². The lowest BCUT2D eigenvalue weighted by atomic mass is 10.1. The molecule has 35 heavy (non-hydrogen) atoms. The number of hydrogen-bond donors (Lipinski definition) is 3. The van der Waals surface area contributed by atoms with Crippen LogP contribution in [-0.4, -0.2) is 32.9 Å². The van der Waals surface area contributed by atoms with Gasteiger partial charge in [0.25, 0.3) is 0 Å². The summed E-state index contributed by atoms with van der Waals surface area (Å²) in [7, 11) is 0. The zero-order valence-corrected chi connectivity index (χ0v) is 18.3. The van der Waals surface area contributed by atoms with Gasteiger partial charge >= 0.3 is 18.0 Å². The fourth-order valence-electron chi connectivity index (χ4n) is 4.05. The Morgan fingerprint density at radius 1 is 1.17 bits per heavy atom. The van der Waals surface area contributed by atoms with Crippen LogP contribution in [-0.2, 0) is 28.7 Å². The van der Waals surface area contributed by atoms with Gasteiger partial charge in [-0.05, 0) is 36.1 Å². The van der Waals surface area contributed by atoms with Gasteiger partial charge in [0, 0.05) is 24.2 Å². The molecular weight excluding hydrogens is 461 g/mol. The third-order valence-electron chi connectivity index (χ3n) is 5.84. The van der Waals surface area contributed by atoms with Gasteiger partial charge in [-0.1, -0.05) is 24.3 Å². The van der Waals surface area contributed by atoms with Gasteiger partial charge in [-0.3, -0.25) is 19.6 Å². The molecule has 0 bridgehead atoms. The maximum atomic E-state index is 13.3. The Hall–Kier alpha value is -4.28. The van der Waals surface area contributed by atoms with Crippen molar-refractivity contribution in [1.82, 2.24) is 14.9 Å². The van der Waals surface area contributed by atoms with Crippen molar-refractivity contribution < 1.29 is 22.8 Å². The number of nitrogens with one attached hydrogen (secondary N) is 2. The Balaban J connectivity index is 1.63. The molecule has 1 aliphatic carbocycles. The molecular formula is C24H21F3N6O2. The first-order valence-corrected chi connectivity index (χ1v) is 10.6.